The van der Waals surface area contributed by atoms with E-state index in [1.54, 1.807) is 12.1 Å². The van der Waals surface area contributed by atoms with E-state index in [9.17, 15) is 9.59 Å². The van der Waals surface area contributed by atoms with Crippen LogP contribution in [-0.2, 0) is 9.53 Å². The van der Waals surface area contributed by atoms with Crippen LogP contribution in [0, 0.1) is 0 Å². The molecule has 0 aliphatic carbocycles. The zero-order valence-electron chi connectivity index (χ0n) is 13.1. The zero-order chi connectivity index (χ0) is 16.7. The molecule has 0 aromatic heterocycles. The molecule has 1 aromatic rings. The van der Waals surface area contributed by atoms with Crippen molar-refractivity contribution in [3.05, 3.63) is 32.7 Å². The van der Waals surface area contributed by atoms with Gasteiger partial charge < -0.3 is 9.64 Å². The highest BCUT2D eigenvalue weighted by atomic mass is 79.9. The summed E-state index contributed by atoms with van der Waals surface area (Å²) in [6.07, 6.45) is 1.80. The first-order chi connectivity index (χ1) is 10.3. The Balaban J connectivity index is 2.81. The Hall–Kier alpha value is -0.880. The topological polar surface area (TPSA) is 46.6 Å². The molecule has 0 heterocycles. The molecule has 1 amide bonds. The Labute approximate surface area is 148 Å². The number of halogens is 2. The van der Waals surface area contributed by atoms with Crippen molar-refractivity contribution in [2.45, 2.75) is 39.7 Å². The van der Waals surface area contributed by atoms with Crippen molar-refractivity contribution >= 4 is 43.7 Å². The van der Waals surface area contributed by atoms with E-state index in [0.717, 1.165) is 21.8 Å². The molecule has 1 aromatic carbocycles. The van der Waals surface area contributed by atoms with Crippen LogP contribution in [0.25, 0.3) is 0 Å². The molecule has 0 bridgehead atoms. The van der Waals surface area contributed by atoms with Gasteiger partial charge in [-0.2, -0.15) is 0 Å². The smallest absolute Gasteiger partial charge is 0.325 e. The number of rotatable bonds is 7. The molecule has 22 heavy (non-hydrogen) atoms. The van der Waals surface area contributed by atoms with E-state index in [2.05, 4.69) is 31.9 Å². The van der Waals surface area contributed by atoms with E-state index in [4.69, 9.17) is 4.74 Å². The van der Waals surface area contributed by atoms with Crippen molar-refractivity contribution < 1.29 is 14.3 Å². The number of unbranched alkanes of at least 4 members (excludes halogenated alkanes) is 1. The lowest BCUT2D eigenvalue weighted by Crippen LogP contribution is -2.41. The van der Waals surface area contributed by atoms with Crippen LogP contribution in [0.5, 0.6) is 0 Å². The van der Waals surface area contributed by atoms with Crippen molar-refractivity contribution in [1.29, 1.82) is 0 Å². The van der Waals surface area contributed by atoms with E-state index in [1.807, 2.05) is 26.8 Å². The first-order valence-corrected chi connectivity index (χ1v) is 8.86. The lowest BCUT2D eigenvalue weighted by atomic mass is 10.1. The van der Waals surface area contributed by atoms with Crippen LogP contribution in [0.3, 0.4) is 0 Å². The fourth-order valence-electron chi connectivity index (χ4n) is 1.85. The maximum absolute atomic E-state index is 12.6. The molecular formula is C16H21Br2NO3. The molecule has 0 aliphatic rings. The normalized spacial score (nSPS) is 10.6. The maximum atomic E-state index is 12.6. The molecule has 0 aliphatic heterocycles. The number of benzene rings is 1. The Bertz CT molecular complexity index is 512. The van der Waals surface area contributed by atoms with Crippen molar-refractivity contribution in [2.75, 3.05) is 13.2 Å². The number of hydrogen-bond donors (Lipinski definition) is 0. The standard InChI is InChI=1S/C16H21Br2NO3/c1-4-5-6-22-15(20)10-19(11(2)3)16(21)12-7-13(17)9-14(18)8-12/h7-9,11H,4-6,10H2,1-3H3. The van der Waals surface area contributed by atoms with E-state index >= 15 is 0 Å². The van der Waals surface area contributed by atoms with Gasteiger partial charge in [0, 0.05) is 20.6 Å². The lowest BCUT2D eigenvalue weighted by Gasteiger charge is -2.26. The number of amides is 1. The Morgan fingerprint density at radius 2 is 1.77 bits per heavy atom. The van der Waals surface area contributed by atoms with Crippen molar-refractivity contribution in [1.82, 2.24) is 4.90 Å². The van der Waals surface area contributed by atoms with Crippen molar-refractivity contribution in [3.8, 4) is 0 Å². The third kappa shape index (κ3) is 6.08. The molecule has 0 saturated carbocycles. The van der Waals surface area contributed by atoms with Gasteiger partial charge in [-0.05, 0) is 38.5 Å². The predicted molar refractivity (Wildman–Crippen MR) is 93.9 cm³/mol. The fourth-order valence-corrected chi connectivity index (χ4v) is 3.14. The molecule has 0 radical (unpaired) electrons. The summed E-state index contributed by atoms with van der Waals surface area (Å²) in [6, 6.07) is 5.25. The predicted octanol–water partition coefficient (Wildman–Crippen LogP) is 4.41. The molecule has 6 heteroatoms. The van der Waals surface area contributed by atoms with E-state index in [1.165, 1.54) is 4.90 Å². The highest BCUT2D eigenvalue weighted by molar-refractivity contribution is 9.11. The summed E-state index contributed by atoms with van der Waals surface area (Å²) < 4.78 is 6.76. The van der Waals surface area contributed by atoms with Crippen LogP contribution in [0.1, 0.15) is 44.0 Å². The number of carbonyl (C=O) groups is 2. The van der Waals surface area contributed by atoms with Crippen molar-refractivity contribution in [2.24, 2.45) is 0 Å². The summed E-state index contributed by atoms with van der Waals surface area (Å²) >= 11 is 6.74. The largest absolute Gasteiger partial charge is 0.464 e. The summed E-state index contributed by atoms with van der Waals surface area (Å²) in [5.41, 5.74) is 0.524. The Morgan fingerprint density at radius 3 is 2.27 bits per heavy atom. The third-order valence-electron chi connectivity index (χ3n) is 3.05. The molecule has 1 rings (SSSR count). The van der Waals surface area contributed by atoms with Crippen LogP contribution in [0.2, 0.25) is 0 Å². The zero-order valence-corrected chi connectivity index (χ0v) is 16.2. The number of carbonyl (C=O) groups excluding carboxylic acids is 2. The molecule has 0 spiro atoms. The average Bonchev–Trinajstić information content (AvgIpc) is 2.43. The number of nitrogens with zero attached hydrogens (tertiary/aromatic N) is 1. The number of esters is 1. The second-order valence-corrected chi connectivity index (χ2v) is 7.09. The molecule has 4 nitrogen and oxygen atoms in total. The number of hydrogen-bond acceptors (Lipinski definition) is 3. The summed E-state index contributed by atoms with van der Waals surface area (Å²) in [5, 5.41) is 0. The monoisotopic (exact) mass is 433 g/mol. The third-order valence-corrected chi connectivity index (χ3v) is 3.97. The molecule has 0 fully saturated rings. The highest BCUT2D eigenvalue weighted by Gasteiger charge is 2.22. The Kier molecular flexibility index (Phi) is 8.10. The molecule has 0 N–H and O–H groups in total. The average molecular weight is 435 g/mol. The minimum absolute atomic E-state index is 0.0374. The summed E-state index contributed by atoms with van der Waals surface area (Å²) in [7, 11) is 0. The summed E-state index contributed by atoms with van der Waals surface area (Å²) in [5.74, 6) is -0.561. The summed E-state index contributed by atoms with van der Waals surface area (Å²) in [6.45, 7) is 6.15. The van der Waals surface area contributed by atoms with Gasteiger partial charge >= 0.3 is 5.97 Å². The summed E-state index contributed by atoms with van der Waals surface area (Å²) in [4.78, 5) is 26.0. The van der Waals surface area contributed by atoms with Gasteiger partial charge in [0.05, 0.1) is 6.61 Å². The van der Waals surface area contributed by atoms with Gasteiger partial charge in [-0.3, -0.25) is 9.59 Å². The van der Waals surface area contributed by atoms with Gasteiger partial charge in [-0.1, -0.05) is 45.2 Å². The van der Waals surface area contributed by atoms with Crippen LogP contribution in [0.4, 0.5) is 0 Å². The van der Waals surface area contributed by atoms with Crippen LogP contribution in [0.15, 0.2) is 27.1 Å². The molecule has 0 saturated heterocycles. The quantitative estimate of drug-likeness (QED) is 0.471. The van der Waals surface area contributed by atoms with Crippen LogP contribution in [-0.4, -0.2) is 36.0 Å². The molecular weight excluding hydrogens is 414 g/mol. The maximum Gasteiger partial charge on any atom is 0.325 e. The lowest BCUT2D eigenvalue weighted by molar-refractivity contribution is -0.144. The van der Waals surface area contributed by atoms with Gasteiger partial charge in [-0.25, -0.2) is 0 Å². The van der Waals surface area contributed by atoms with Crippen molar-refractivity contribution in [3.63, 3.8) is 0 Å². The minimum atomic E-state index is -0.371. The fraction of sp³-hybridized carbons (Fsp3) is 0.500. The van der Waals surface area contributed by atoms with Gasteiger partial charge in [0.25, 0.3) is 5.91 Å². The molecule has 122 valence electrons. The SMILES string of the molecule is CCCCOC(=O)CN(C(=O)c1cc(Br)cc(Br)c1)C(C)C. The van der Waals surface area contributed by atoms with Gasteiger partial charge in [0.15, 0.2) is 0 Å². The van der Waals surface area contributed by atoms with E-state index < -0.39 is 0 Å². The van der Waals surface area contributed by atoms with E-state index in [-0.39, 0.29) is 24.5 Å². The first-order valence-electron chi connectivity index (χ1n) is 7.27. The van der Waals surface area contributed by atoms with E-state index in [0.29, 0.717) is 12.2 Å². The minimum Gasteiger partial charge on any atom is -0.464 e. The highest BCUT2D eigenvalue weighted by Crippen LogP contribution is 2.21. The molecule has 0 unspecified atom stereocenters. The molecule has 0 atom stereocenters. The van der Waals surface area contributed by atoms with Gasteiger partial charge in [0.2, 0.25) is 0 Å². The van der Waals surface area contributed by atoms with Gasteiger partial charge in [0.1, 0.15) is 6.54 Å². The van der Waals surface area contributed by atoms with Crippen LogP contribution >= 0.6 is 31.9 Å². The second kappa shape index (κ2) is 9.30. The second-order valence-electron chi connectivity index (χ2n) is 5.26. The number of ether oxygens (including phenoxy) is 1. The van der Waals surface area contributed by atoms with Crippen LogP contribution < -0.4 is 0 Å². The van der Waals surface area contributed by atoms with Gasteiger partial charge in [-0.15, -0.1) is 0 Å². The first kappa shape index (κ1) is 19.2. The Morgan fingerprint density at radius 1 is 1.18 bits per heavy atom.